The van der Waals surface area contributed by atoms with E-state index >= 15 is 0 Å². The van der Waals surface area contributed by atoms with Gasteiger partial charge in [0.1, 0.15) is 5.60 Å². The zero-order valence-electron chi connectivity index (χ0n) is 12.0. The van der Waals surface area contributed by atoms with Gasteiger partial charge in [0.15, 0.2) is 0 Å². The maximum absolute atomic E-state index is 5.87. The molecule has 1 nitrogen and oxygen atoms in total. The maximum Gasteiger partial charge on any atom is 0.117 e. The Morgan fingerprint density at radius 3 is 2.43 bits per heavy atom. The van der Waals surface area contributed by atoms with E-state index in [0.29, 0.717) is 0 Å². The van der Waals surface area contributed by atoms with E-state index in [1.54, 1.807) is 0 Å². The van der Waals surface area contributed by atoms with Crippen LogP contribution in [0.2, 0.25) is 5.02 Å². The summed E-state index contributed by atoms with van der Waals surface area (Å²) in [6.45, 7) is 0.859. The molecule has 108 valence electrons. The van der Waals surface area contributed by atoms with Crippen molar-refractivity contribution in [2.24, 2.45) is 0 Å². The van der Waals surface area contributed by atoms with Crippen LogP contribution in [-0.2, 0) is 10.3 Å². The first-order chi connectivity index (χ1) is 10.3. The van der Waals surface area contributed by atoms with Crippen molar-refractivity contribution < 1.29 is 4.74 Å². The van der Waals surface area contributed by atoms with Crippen molar-refractivity contribution in [3.8, 4) is 0 Å². The van der Waals surface area contributed by atoms with Crippen molar-refractivity contribution in [3.05, 3.63) is 76.8 Å². The fourth-order valence-corrected chi connectivity index (χ4v) is 2.71. The summed E-state index contributed by atoms with van der Waals surface area (Å²) < 4.78 is 5.72. The van der Waals surface area contributed by atoms with E-state index in [4.69, 9.17) is 16.3 Å². The minimum Gasteiger partial charge on any atom is -0.365 e. The predicted molar refractivity (Wildman–Crippen MR) is 88.4 cm³/mol. The van der Waals surface area contributed by atoms with E-state index in [0.717, 1.165) is 30.9 Å². The molecule has 0 saturated carbocycles. The first-order valence-electron chi connectivity index (χ1n) is 7.40. The summed E-state index contributed by atoms with van der Waals surface area (Å²) in [4.78, 5) is 0. The highest BCUT2D eigenvalue weighted by Gasteiger charge is 2.45. The number of ether oxygens (including phenoxy) is 1. The van der Waals surface area contributed by atoms with Crippen molar-refractivity contribution in [1.29, 1.82) is 0 Å². The van der Waals surface area contributed by atoms with Gasteiger partial charge in [0, 0.05) is 5.02 Å². The molecule has 2 aromatic carbocycles. The number of unbranched alkanes of at least 4 members (excludes halogenated alkanes) is 1. The number of halogens is 1. The third-order valence-electron chi connectivity index (χ3n) is 3.92. The van der Waals surface area contributed by atoms with Gasteiger partial charge in [-0.2, -0.15) is 0 Å². The minimum absolute atomic E-state index is 0.00459. The summed E-state index contributed by atoms with van der Waals surface area (Å²) >= 11 is 5.87. The fourth-order valence-electron chi connectivity index (χ4n) is 2.58. The van der Waals surface area contributed by atoms with Crippen LogP contribution in [0.5, 0.6) is 0 Å². The standard InChI is InChI=1S/C19H19ClO/c20-18-12-10-16(11-13-18)7-3-2-6-14-19(15-21-19)17-8-4-1-5-9-17/h1,3-5,7-13H,2,6,14-15H2/b7-3-. The van der Waals surface area contributed by atoms with E-state index in [9.17, 15) is 0 Å². The molecule has 1 heterocycles. The van der Waals surface area contributed by atoms with Gasteiger partial charge in [-0.1, -0.05) is 66.2 Å². The van der Waals surface area contributed by atoms with E-state index in [2.05, 4.69) is 42.5 Å². The molecule has 0 bridgehead atoms. The minimum atomic E-state index is -0.00459. The number of epoxide rings is 1. The van der Waals surface area contributed by atoms with E-state index in [1.807, 2.05) is 24.3 Å². The summed E-state index contributed by atoms with van der Waals surface area (Å²) in [5.74, 6) is 0. The summed E-state index contributed by atoms with van der Waals surface area (Å²) in [6.07, 6.45) is 7.67. The van der Waals surface area contributed by atoms with Crippen LogP contribution in [0.15, 0.2) is 60.7 Å². The molecule has 0 aliphatic carbocycles. The lowest BCUT2D eigenvalue weighted by Crippen LogP contribution is -2.07. The largest absolute Gasteiger partial charge is 0.365 e. The highest BCUT2D eigenvalue weighted by atomic mass is 35.5. The molecule has 1 saturated heterocycles. The van der Waals surface area contributed by atoms with E-state index < -0.39 is 0 Å². The average Bonchev–Trinajstić information content (AvgIpc) is 3.31. The van der Waals surface area contributed by atoms with Crippen molar-refractivity contribution in [2.75, 3.05) is 6.61 Å². The van der Waals surface area contributed by atoms with Crippen molar-refractivity contribution in [1.82, 2.24) is 0 Å². The maximum atomic E-state index is 5.87. The van der Waals surface area contributed by atoms with Crippen LogP contribution in [-0.4, -0.2) is 6.61 Å². The molecule has 0 aromatic heterocycles. The molecule has 1 aliphatic heterocycles. The monoisotopic (exact) mass is 298 g/mol. The third-order valence-corrected chi connectivity index (χ3v) is 4.18. The molecule has 1 fully saturated rings. The first-order valence-corrected chi connectivity index (χ1v) is 7.78. The Bertz CT molecular complexity index is 597. The quantitative estimate of drug-likeness (QED) is 0.510. The smallest absolute Gasteiger partial charge is 0.117 e. The number of rotatable bonds is 6. The normalized spacial score (nSPS) is 20.8. The van der Waals surface area contributed by atoms with Gasteiger partial charge in [-0.15, -0.1) is 0 Å². The van der Waals surface area contributed by atoms with Crippen LogP contribution in [0.1, 0.15) is 30.4 Å². The second kappa shape index (κ2) is 6.46. The molecule has 1 atom stereocenters. The van der Waals surface area contributed by atoms with Gasteiger partial charge in [-0.3, -0.25) is 0 Å². The molecule has 0 radical (unpaired) electrons. The number of benzene rings is 2. The predicted octanol–water partition coefficient (Wildman–Crippen LogP) is 5.45. The molecule has 0 amide bonds. The molecular formula is C19H19ClO. The Labute approximate surface area is 131 Å². The molecule has 2 aromatic rings. The van der Waals surface area contributed by atoms with Crippen LogP contribution in [0.4, 0.5) is 0 Å². The lowest BCUT2D eigenvalue weighted by atomic mass is 9.94. The molecule has 1 aliphatic rings. The lowest BCUT2D eigenvalue weighted by molar-refractivity contribution is 0.288. The van der Waals surface area contributed by atoms with Crippen LogP contribution in [0.25, 0.3) is 6.08 Å². The SMILES string of the molecule is Clc1ccc(/C=C\CCCC2(c3ccccc3)CO2)cc1. The van der Waals surface area contributed by atoms with Gasteiger partial charge < -0.3 is 4.74 Å². The molecule has 3 rings (SSSR count). The Hall–Kier alpha value is -1.57. The van der Waals surface area contributed by atoms with Crippen LogP contribution >= 0.6 is 11.6 Å². The Balaban J connectivity index is 1.47. The van der Waals surface area contributed by atoms with Crippen molar-refractivity contribution in [2.45, 2.75) is 24.9 Å². The summed E-state index contributed by atoms with van der Waals surface area (Å²) in [6, 6.07) is 18.5. The second-order valence-electron chi connectivity index (χ2n) is 5.50. The van der Waals surface area contributed by atoms with E-state index in [1.165, 1.54) is 11.1 Å². The van der Waals surface area contributed by atoms with Gasteiger partial charge in [0.2, 0.25) is 0 Å². The summed E-state index contributed by atoms with van der Waals surface area (Å²) in [5.41, 5.74) is 2.50. The Kier molecular flexibility index (Phi) is 4.42. The lowest BCUT2D eigenvalue weighted by Gasteiger charge is -2.11. The van der Waals surface area contributed by atoms with E-state index in [-0.39, 0.29) is 5.60 Å². The Morgan fingerprint density at radius 1 is 1.05 bits per heavy atom. The zero-order chi connectivity index (χ0) is 14.5. The highest BCUT2D eigenvalue weighted by molar-refractivity contribution is 6.30. The molecule has 21 heavy (non-hydrogen) atoms. The van der Waals surface area contributed by atoms with Crippen LogP contribution in [0, 0.1) is 0 Å². The van der Waals surface area contributed by atoms with Gasteiger partial charge in [-0.25, -0.2) is 0 Å². The zero-order valence-corrected chi connectivity index (χ0v) is 12.7. The Morgan fingerprint density at radius 2 is 1.76 bits per heavy atom. The van der Waals surface area contributed by atoms with Gasteiger partial charge in [0.25, 0.3) is 0 Å². The third kappa shape index (κ3) is 3.75. The summed E-state index contributed by atoms with van der Waals surface area (Å²) in [7, 11) is 0. The van der Waals surface area contributed by atoms with Crippen LogP contribution in [0.3, 0.4) is 0 Å². The average molecular weight is 299 g/mol. The molecule has 0 spiro atoms. The molecule has 2 heteroatoms. The fraction of sp³-hybridized carbons (Fsp3) is 0.263. The summed E-state index contributed by atoms with van der Waals surface area (Å²) in [5, 5.41) is 0.780. The van der Waals surface area contributed by atoms with Gasteiger partial charge >= 0.3 is 0 Å². The number of allylic oxidation sites excluding steroid dienone is 1. The highest BCUT2D eigenvalue weighted by Crippen LogP contribution is 2.43. The first kappa shape index (κ1) is 14.4. The van der Waals surface area contributed by atoms with Crippen molar-refractivity contribution in [3.63, 3.8) is 0 Å². The molecular weight excluding hydrogens is 280 g/mol. The number of hydrogen-bond donors (Lipinski definition) is 0. The topological polar surface area (TPSA) is 12.5 Å². The van der Waals surface area contributed by atoms with Crippen LogP contribution < -0.4 is 0 Å². The molecule has 0 N–H and O–H groups in total. The van der Waals surface area contributed by atoms with Crippen molar-refractivity contribution >= 4 is 17.7 Å². The second-order valence-corrected chi connectivity index (χ2v) is 5.93. The number of hydrogen-bond acceptors (Lipinski definition) is 1. The molecule has 1 unspecified atom stereocenters. The van der Waals surface area contributed by atoms with Gasteiger partial charge in [0.05, 0.1) is 6.61 Å². The van der Waals surface area contributed by atoms with Gasteiger partial charge in [-0.05, 0) is 42.5 Å².